The van der Waals surface area contributed by atoms with Crippen molar-refractivity contribution in [3.05, 3.63) is 83.6 Å². The summed E-state index contributed by atoms with van der Waals surface area (Å²) < 4.78 is 68.5. The minimum atomic E-state index is -4.88. The molecular weight excluding hydrogens is 559 g/mol. The number of β-amino-alcohol motifs (C(OH)–C–C–N with tert-alkyl or cyclic N) is 1. The van der Waals surface area contributed by atoms with Crippen molar-refractivity contribution < 1.29 is 36.6 Å². The van der Waals surface area contributed by atoms with E-state index in [9.17, 15) is 36.6 Å². The summed E-state index contributed by atoms with van der Waals surface area (Å²) in [6.45, 7) is 3.65. The van der Waals surface area contributed by atoms with Crippen LogP contribution in [-0.4, -0.2) is 65.7 Å². The van der Waals surface area contributed by atoms with Crippen LogP contribution in [0.25, 0.3) is 11.3 Å². The lowest BCUT2D eigenvalue weighted by molar-refractivity contribution is -0.137. The van der Waals surface area contributed by atoms with Crippen LogP contribution >= 0.6 is 0 Å². The number of benzene rings is 2. The zero-order valence-electron chi connectivity index (χ0n) is 23.0. The summed E-state index contributed by atoms with van der Waals surface area (Å²) in [7, 11) is -3.30. The Morgan fingerprint density at radius 2 is 1.73 bits per heavy atom. The van der Waals surface area contributed by atoms with Crippen molar-refractivity contribution in [2.24, 2.45) is 0 Å². The molecule has 2 aromatic carbocycles. The van der Waals surface area contributed by atoms with Crippen LogP contribution in [0.5, 0.6) is 0 Å². The van der Waals surface area contributed by atoms with Gasteiger partial charge in [0.2, 0.25) is 10.0 Å². The average Bonchev–Trinajstić information content (AvgIpc) is 2.91. The topological polar surface area (TPSA) is 120 Å². The first-order chi connectivity index (χ1) is 19.1. The van der Waals surface area contributed by atoms with E-state index in [1.807, 2.05) is 32.0 Å². The third kappa shape index (κ3) is 9.09. The number of carboxylic acids is 1. The Balaban J connectivity index is 1.72. The van der Waals surface area contributed by atoms with E-state index in [4.69, 9.17) is 0 Å². The monoisotopic (exact) mass is 593 g/mol. The molecule has 0 unspecified atom stereocenters. The van der Waals surface area contributed by atoms with Crippen LogP contribution in [0.4, 0.5) is 13.2 Å². The highest BCUT2D eigenvalue weighted by Gasteiger charge is 2.34. The number of alkyl halides is 3. The molecule has 0 amide bonds. The normalized spacial score (nSPS) is 13.4. The van der Waals surface area contributed by atoms with E-state index in [1.54, 1.807) is 0 Å². The maximum atomic E-state index is 13.7. The molecule has 222 valence electrons. The maximum Gasteiger partial charge on any atom is 0.416 e. The van der Waals surface area contributed by atoms with Crippen molar-refractivity contribution in [1.29, 1.82) is 0 Å². The SMILES string of the molecule is CN(C[C@H](O)CNC(C)(C)CCCc1ccccc1)S(=O)(=O)c1cc(-c2cccc(C(=O)O)n2)cc(C(F)(F)F)c1. The summed E-state index contributed by atoms with van der Waals surface area (Å²) in [6.07, 6.45) is -3.42. The number of hydrogen-bond acceptors (Lipinski definition) is 6. The first kappa shape index (κ1) is 32.2. The molecule has 0 aliphatic carbocycles. The molecule has 0 saturated carbocycles. The van der Waals surface area contributed by atoms with Gasteiger partial charge in [-0.1, -0.05) is 36.4 Å². The molecule has 1 heterocycles. The van der Waals surface area contributed by atoms with Crippen molar-refractivity contribution in [3.63, 3.8) is 0 Å². The molecule has 0 saturated heterocycles. The van der Waals surface area contributed by atoms with Gasteiger partial charge in [-0.15, -0.1) is 0 Å². The highest BCUT2D eigenvalue weighted by molar-refractivity contribution is 7.89. The second-order valence-electron chi connectivity index (χ2n) is 10.5. The fourth-order valence-corrected chi connectivity index (χ4v) is 5.56. The minimum absolute atomic E-state index is 0.0674. The van der Waals surface area contributed by atoms with Crippen molar-refractivity contribution in [1.82, 2.24) is 14.6 Å². The van der Waals surface area contributed by atoms with Gasteiger partial charge in [0.05, 0.1) is 22.3 Å². The number of nitrogens with one attached hydrogen (secondary N) is 1. The second kappa shape index (κ2) is 13.1. The third-order valence-corrected chi connectivity index (χ3v) is 8.40. The zero-order valence-corrected chi connectivity index (χ0v) is 23.8. The second-order valence-corrected chi connectivity index (χ2v) is 12.5. The fourth-order valence-electron chi connectivity index (χ4n) is 4.28. The van der Waals surface area contributed by atoms with E-state index < -0.39 is 44.4 Å². The van der Waals surface area contributed by atoms with E-state index >= 15 is 0 Å². The van der Waals surface area contributed by atoms with E-state index in [0.717, 1.165) is 29.6 Å². The fraction of sp³-hybridized carbons (Fsp3) is 0.379. The molecule has 0 bridgehead atoms. The number of nitrogens with zero attached hydrogens (tertiary/aromatic N) is 2. The molecule has 1 aromatic heterocycles. The number of sulfonamides is 1. The lowest BCUT2D eigenvalue weighted by Gasteiger charge is -2.29. The summed E-state index contributed by atoms with van der Waals surface area (Å²) in [5.74, 6) is -1.38. The average molecular weight is 594 g/mol. The Hall–Kier alpha value is -3.32. The molecule has 3 rings (SSSR count). The number of likely N-dealkylation sites (N-methyl/N-ethyl adjacent to an activating group) is 1. The molecular formula is C29H34F3N3O5S. The molecule has 8 nitrogen and oxygen atoms in total. The summed E-state index contributed by atoms with van der Waals surface area (Å²) >= 11 is 0. The number of halogens is 3. The van der Waals surface area contributed by atoms with Crippen LogP contribution in [0.1, 0.15) is 48.3 Å². The van der Waals surface area contributed by atoms with Crippen molar-refractivity contribution in [2.45, 2.75) is 55.8 Å². The number of carbonyl (C=O) groups is 1. The first-order valence-electron chi connectivity index (χ1n) is 12.9. The maximum absolute atomic E-state index is 13.7. The molecule has 0 aliphatic heterocycles. The van der Waals surface area contributed by atoms with Crippen LogP contribution in [0.3, 0.4) is 0 Å². The number of aromatic nitrogens is 1. The van der Waals surface area contributed by atoms with Gasteiger partial charge in [0.15, 0.2) is 0 Å². The largest absolute Gasteiger partial charge is 0.477 e. The Morgan fingerprint density at radius 1 is 1.05 bits per heavy atom. The van der Waals surface area contributed by atoms with Gasteiger partial charge in [-0.2, -0.15) is 17.5 Å². The molecule has 0 spiro atoms. The molecule has 3 aromatic rings. The number of aliphatic hydroxyl groups is 1. The number of pyridine rings is 1. The molecule has 0 aliphatic rings. The van der Waals surface area contributed by atoms with E-state index in [2.05, 4.69) is 22.4 Å². The Kier molecular flexibility index (Phi) is 10.3. The predicted molar refractivity (Wildman–Crippen MR) is 149 cm³/mol. The van der Waals surface area contributed by atoms with Crippen LogP contribution in [-0.2, 0) is 22.6 Å². The van der Waals surface area contributed by atoms with Gasteiger partial charge in [-0.05, 0) is 69.0 Å². The number of aryl methyl sites for hydroxylation is 1. The zero-order chi connectivity index (χ0) is 30.4. The summed E-state index contributed by atoms with van der Waals surface area (Å²) in [5.41, 5.74) is -1.11. The number of aliphatic hydroxyl groups excluding tert-OH is 1. The number of hydrogen-bond donors (Lipinski definition) is 3. The quantitative estimate of drug-likeness (QED) is 0.260. The number of carboxylic acid groups (broad SMARTS) is 1. The van der Waals surface area contributed by atoms with Gasteiger partial charge in [0, 0.05) is 31.2 Å². The van der Waals surface area contributed by atoms with Crippen LogP contribution < -0.4 is 5.32 Å². The van der Waals surface area contributed by atoms with E-state index in [0.29, 0.717) is 12.1 Å². The van der Waals surface area contributed by atoms with Crippen LogP contribution in [0, 0.1) is 0 Å². The van der Waals surface area contributed by atoms with Crippen LogP contribution in [0.2, 0.25) is 0 Å². The minimum Gasteiger partial charge on any atom is -0.477 e. The molecule has 3 N–H and O–H groups in total. The summed E-state index contributed by atoms with van der Waals surface area (Å²) in [5, 5.41) is 23.0. The Bertz CT molecular complexity index is 1450. The third-order valence-electron chi connectivity index (χ3n) is 6.60. The predicted octanol–water partition coefficient (Wildman–Crippen LogP) is 4.84. The summed E-state index contributed by atoms with van der Waals surface area (Å²) in [4.78, 5) is 14.5. The molecule has 0 radical (unpaired) electrons. The Labute approximate surface area is 237 Å². The standard InChI is InChI=1S/C29H34F3N3O5S/c1-28(2,14-8-11-20-9-5-4-6-10-20)33-18-23(36)19-35(3)41(39,40)24-16-21(15-22(17-24)29(30,31)32)25-12-7-13-26(34-25)27(37)38/h4-7,9-10,12-13,15-17,23,33,36H,8,11,14,18-19H2,1-3H3,(H,37,38)/t23-/m1/s1. The smallest absolute Gasteiger partial charge is 0.416 e. The van der Waals surface area contributed by atoms with Crippen molar-refractivity contribution in [2.75, 3.05) is 20.1 Å². The van der Waals surface area contributed by atoms with Crippen molar-refractivity contribution >= 4 is 16.0 Å². The molecule has 1 atom stereocenters. The highest BCUT2D eigenvalue weighted by atomic mass is 32.2. The van der Waals surface area contributed by atoms with Gasteiger partial charge < -0.3 is 15.5 Å². The lowest BCUT2D eigenvalue weighted by Crippen LogP contribution is -2.46. The van der Waals surface area contributed by atoms with Gasteiger partial charge in [0.25, 0.3) is 0 Å². The highest BCUT2D eigenvalue weighted by Crippen LogP contribution is 2.35. The number of aromatic carboxylic acids is 1. The van der Waals surface area contributed by atoms with Gasteiger partial charge in [-0.25, -0.2) is 18.2 Å². The number of rotatable bonds is 13. The van der Waals surface area contributed by atoms with Gasteiger partial charge in [-0.3, -0.25) is 0 Å². The van der Waals surface area contributed by atoms with E-state index in [-0.39, 0.29) is 29.9 Å². The molecule has 0 fully saturated rings. The van der Waals surface area contributed by atoms with E-state index in [1.165, 1.54) is 30.8 Å². The first-order valence-corrected chi connectivity index (χ1v) is 14.4. The Morgan fingerprint density at radius 3 is 2.37 bits per heavy atom. The van der Waals surface area contributed by atoms with Crippen LogP contribution in [0.15, 0.2) is 71.6 Å². The summed E-state index contributed by atoms with van der Waals surface area (Å²) in [6, 6.07) is 16.0. The van der Waals surface area contributed by atoms with Gasteiger partial charge in [0.1, 0.15) is 5.69 Å². The van der Waals surface area contributed by atoms with Crippen molar-refractivity contribution in [3.8, 4) is 11.3 Å². The molecule has 41 heavy (non-hydrogen) atoms. The molecule has 12 heteroatoms. The lowest BCUT2D eigenvalue weighted by atomic mass is 9.95. The van der Waals surface area contributed by atoms with Gasteiger partial charge >= 0.3 is 12.1 Å².